The Kier molecular flexibility index (Phi) is 5.91. The van der Waals surface area contributed by atoms with Crippen molar-refractivity contribution in [1.29, 1.82) is 0 Å². The lowest BCUT2D eigenvalue weighted by Crippen LogP contribution is -2.29. The molecule has 1 N–H and O–H groups in total. The number of methoxy groups -OCH3 is 1. The van der Waals surface area contributed by atoms with Gasteiger partial charge in [-0.15, -0.1) is 0 Å². The van der Waals surface area contributed by atoms with E-state index < -0.39 is 30.3 Å². The van der Waals surface area contributed by atoms with Gasteiger partial charge in [0.1, 0.15) is 5.75 Å². The summed E-state index contributed by atoms with van der Waals surface area (Å²) in [5.41, 5.74) is 2.13. The van der Waals surface area contributed by atoms with Gasteiger partial charge in [0, 0.05) is 11.8 Å². The van der Waals surface area contributed by atoms with Gasteiger partial charge in [-0.1, -0.05) is 24.3 Å². The van der Waals surface area contributed by atoms with Crippen LogP contribution in [0.1, 0.15) is 36.6 Å². The van der Waals surface area contributed by atoms with E-state index in [1.807, 2.05) is 6.07 Å². The molecule has 0 radical (unpaired) electrons. The van der Waals surface area contributed by atoms with Gasteiger partial charge >= 0.3 is 5.97 Å². The molecule has 33 heavy (non-hydrogen) atoms. The maximum Gasteiger partial charge on any atom is 0.338 e. The molecule has 0 fully saturated rings. The van der Waals surface area contributed by atoms with Crippen molar-refractivity contribution in [2.45, 2.75) is 6.92 Å². The highest BCUT2D eigenvalue weighted by molar-refractivity contribution is 6.34. The van der Waals surface area contributed by atoms with Crippen molar-refractivity contribution in [3.8, 4) is 5.75 Å². The molecule has 1 heterocycles. The first-order valence-corrected chi connectivity index (χ1v) is 10.1. The van der Waals surface area contributed by atoms with Crippen LogP contribution in [0, 0.1) is 6.92 Å². The summed E-state index contributed by atoms with van der Waals surface area (Å²) in [6.45, 7) is 1.29. The first-order chi connectivity index (χ1) is 15.9. The Morgan fingerprint density at radius 1 is 0.909 bits per heavy atom. The first kappa shape index (κ1) is 21.8. The minimum atomic E-state index is -0.784. The third kappa shape index (κ3) is 4.31. The number of fused-ring (bicyclic) bond motifs is 1. The van der Waals surface area contributed by atoms with Crippen LogP contribution in [0.15, 0.2) is 66.7 Å². The highest BCUT2D eigenvalue weighted by Gasteiger charge is 2.37. The largest absolute Gasteiger partial charge is 0.497 e. The number of hydrogen-bond donors (Lipinski definition) is 1. The van der Waals surface area contributed by atoms with Crippen LogP contribution in [0.4, 0.5) is 11.4 Å². The van der Waals surface area contributed by atoms with Crippen molar-refractivity contribution in [2.75, 3.05) is 23.9 Å². The zero-order chi connectivity index (χ0) is 23.5. The molecule has 1 aliphatic rings. The van der Waals surface area contributed by atoms with Gasteiger partial charge in [0.05, 0.1) is 29.5 Å². The van der Waals surface area contributed by atoms with Crippen LogP contribution < -0.4 is 15.0 Å². The number of hydrogen-bond acceptors (Lipinski definition) is 6. The Hall–Kier alpha value is -4.46. The SMILES string of the molecule is COc1cccc(NC(=O)COC(=O)c2ccc3c(c2)C(=O)N(c2ccccc2C)C3=O)c1. The topological polar surface area (TPSA) is 102 Å². The summed E-state index contributed by atoms with van der Waals surface area (Å²) in [4.78, 5) is 51.4. The van der Waals surface area contributed by atoms with Crippen molar-refractivity contribution in [3.63, 3.8) is 0 Å². The van der Waals surface area contributed by atoms with Crippen LogP contribution in [-0.4, -0.2) is 37.4 Å². The van der Waals surface area contributed by atoms with Crippen molar-refractivity contribution in [3.05, 3.63) is 89.0 Å². The molecule has 0 spiro atoms. The van der Waals surface area contributed by atoms with E-state index in [1.165, 1.54) is 25.3 Å². The van der Waals surface area contributed by atoms with E-state index in [2.05, 4.69) is 5.32 Å². The van der Waals surface area contributed by atoms with Crippen LogP contribution >= 0.6 is 0 Å². The van der Waals surface area contributed by atoms with Crippen LogP contribution in [0.3, 0.4) is 0 Å². The molecule has 4 rings (SSSR count). The van der Waals surface area contributed by atoms with E-state index >= 15 is 0 Å². The maximum atomic E-state index is 12.9. The number of ether oxygens (including phenoxy) is 2. The number of para-hydroxylation sites is 1. The second kappa shape index (κ2) is 8.96. The van der Waals surface area contributed by atoms with Gasteiger partial charge in [0.25, 0.3) is 17.7 Å². The average molecular weight is 444 g/mol. The number of aryl methyl sites for hydroxylation is 1. The number of benzene rings is 3. The highest BCUT2D eigenvalue weighted by atomic mass is 16.5. The number of nitrogens with zero attached hydrogens (tertiary/aromatic N) is 1. The number of anilines is 2. The van der Waals surface area contributed by atoms with E-state index in [4.69, 9.17) is 9.47 Å². The molecule has 0 aliphatic carbocycles. The summed E-state index contributed by atoms with van der Waals surface area (Å²) in [6.07, 6.45) is 0. The summed E-state index contributed by atoms with van der Waals surface area (Å²) in [6, 6.07) is 17.9. The molecule has 3 amide bonds. The fraction of sp³-hybridized carbons (Fsp3) is 0.120. The predicted molar refractivity (Wildman–Crippen MR) is 121 cm³/mol. The Morgan fingerprint density at radius 3 is 2.42 bits per heavy atom. The molecule has 0 saturated heterocycles. The first-order valence-electron chi connectivity index (χ1n) is 10.1. The number of rotatable bonds is 6. The summed E-state index contributed by atoms with van der Waals surface area (Å²) < 4.78 is 10.2. The van der Waals surface area contributed by atoms with E-state index in [0.29, 0.717) is 17.1 Å². The quantitative estimate of drug-likeness (QED) is 0.460. The lowest BCUT2D eigenvalue weighted by atomic mass is 10.1. The normalized spacial score (nSPS) is 12.4. The van der Waals surface area contributed by atoms with E-state index in [1.54, 1.807) is 49.4 Å². The zero-order valence-electron chi connectivity index (χ0n) is 18.0. The number of esters is 1. The van der Waals surface area contributed by atoms with Crippen molar-refractivity contribution < 1.29 is 28.7 Å². The molecule has 3 aromatic rings. The molecular weight excluding hydrogens is 424 g/mol. The van der Waals surface area contributed by atoms with Crippen LogP contribution in [0.5, 0.6) is 5.75 Å². The molecule has 0 bridgehead atoms. The van der Waals surface area contributed by atoms with Gasteiger partial charge in [0.15, 0.2) is 6.61 Å². The summed E-state index contributed by atoms with van der Waals surface area (Å²) in [5.74, 6) is -1.72. The molecule has 0 saturated carbocycles. The summed E-state index contributed by atoms with van der Waals surface area (Å²) in [7, 11) is 1.51. The molecule has 166 valence electrons. The standard InChI is InChI=1S/C25H20N2O6/c1-15-6-3-4-9-21(15)27-23(29)19-11-10-16(12-20(19)24(27)30)25(31)33-14-22(28)26-17-7-5-8-18(13-17)32-2/h3-13H,14H2,1-2H3,(H,26,28). The van der Waals surface area contributed by atoms with Gasteiger partial charge in [0.2, 0.25) is 0 Å². The Bertz CT molecular complexity index is 1280. The van der Waals surface area contributed by atoms with Gasteiger partial charge in [-0.05, 0) is 48.9 Å². The fourth-order valence-electron chi connectivity index (χ4n) is 3.51. The number of imide groups is 1. The monoisotopic (exact) mass is 444 g/mol. The predicted octanol–water partition coefficient (Wildman–Crippen LogP) is 3.60. The van der Waals surface area contributed by atoms with Crippen LogP contribution in [-0.2, 0) is 9.53 Å². The molecule has 0 atom stereocenters. The maximum absolute atomic E-state index is 12.9. The number of carbonyl (C=O) groups excluding carboxylic acids is 4. The lowest BCUT2D eigenvalue weighted by Gasteiger charge is -2.16. The third-order valence-corrected chi connectivity index (χ3v) is 5.17. The Balaban J connectivity index is 1.45. The van der Waals surface area contributed by atoms with Gasteiger partial charge < -0.3 is 14.8 Å². The van der Waals surface area contributed by atoms with E-state index in [0.717, 1.165) is 10.5 Å². The molecule has 1 aliphatic heterocycles. The number of nitrogens with one attached hydrogen (secondary N) is 1. The lowest BCUT2D eigenvalue weighted by molar-refractivity contribution is -0.119. The van der Waals surface area contributed by atoms with E-state index in [9.17, 15) is 19.2 Å². The fourth-order valence-corrected chi connectivity index (χ4v) is 3.51. The Morgan fingerprint density at radius 2 is 1.67 bits per heavy atom. The smallest absolute Gasteiger partial charge is 0.338 e. The second-order valence-electron chi connectivity index (χ2n) is 7.35. The molecule has 8 nitrogen and oxygen atoms in total. The minimum Gasteiger partial charge on any atom is -0.497 e. The van der Waals surface area contributed by atoms with Crippen molar-refractivity contribution in [2.24, 2.45) is 0 Å². The van der Waals surface area contributed by atoms with Crippen molar-refractivity contribution in [1.82, 2.24) is 0 Å². The second-order valence-corrected chi connectivity index (χ2v) is 7.35. The van der Waals surface area contributed by atoms with Crippen LogP contribution in [0.25, 0.3) is 0 Å². The molecule has 0 aromatic heterocycles. The zero-order valence-corrected chi connectivity index (χ0v) is 18.0. The van der Waals surface area contributed by atoms with Crippen molar-refractivity contribution >= 4 is 35.1 Å². The number of carbonyl (C=O) groups is 4. The molecule has 8 heteroatoms. The van der Waals surface area contributed by atoms with E-state index in [-0.39, 0.29) is 16.7 Å². The molecular formula is C25H20N2O6. The highest BCUT2D eigenvalue weighted by Crippen LogP contribution is 2.31. The molecule has 0 unspecified atom stereocenters. The summed E-state index contributed by atoms with van der Waals surface area (Å²) in [5, 5.41) is 2.61. The van der Waals surface area contributed by atoms with Gasteiger partial charge in [-0.2, -0.15) is 0 Å². The van der Waals surface area contributed by atoms with Gasteiger partial charge in [-0.3, -0.25) is 14.4 Å². The average Bonchev–Trinajstić information content (AvgIpc) is 3.07. The Labute approximate surface area is 189 Å². The molecule has 3 aromatic carbocycles. The minimum absolute atomic E-state index is 0.0655. The number of amides is 3. The third-order valence-electron chi connectivity index (χ3n) is 5.17. The summed E-state index contributed by atoms with van der Waals surface area (Å²) >= 11 is 0. The van der Waals surface area contributed by atoms with Gasteiger partial charge in [-0.25, -0.2) is 9.69 Å². The van der Waals surface area contributed by atoms with Crippen LogP contribution in [0.2, 0.25) is 0 Å².